The van der Waals surface area contributed by atoms with Crippen LogP contribution in [-0.2, 0) is 9.59 Å². The van der Waals surface area contributed by atoms with E-state index in [0.29, 0.717) is 22.7 Å². The summed E-state index contributed by atoms with van der Waals surface area (Å²) in [6, 6.07) is 14.2. The normalized spacial score (nSPS) is 10.3. The predicted molar refractivity (Wildman–Crippen MR) is 95.0 cm³/mol. The molecule has 7 heteroatoms. The molecule has 2 aromatic carbocycles. The highest BCUT2D eigenvalue weighted by atomic mass is 16.5. The molecule has 0 unspecified atom stereocenters. The molecule has 0 aliphatic rings. The number of hydrazone groups is 1. The topological polar surface area (TPSA) is 89.0 Å². The van der Waals surface area contributed by atoms with Gasteiger partial charge in [0.2, 0.25) is 11.8 Å². The molecule has 2 aromatic rings. The lowest BCUT2D eigenvalue weighted by Crippen LogP contribution is -2.24. The summed E-state index contributed by atoms with van der Waals surface area (Å²) in [6.07, 6.45) is 1.09. The minimum absolute atomic E-state index is 0.360. The average Bonchev–Trinajstić information content (AvgIpc) is 2.62. The summed E-state index contributed by atoms with van der Waals surface area (Å²) in [5.74, 6) is 0.160. The van der Waals surface area contributed by atoms with Crippen molar-refractivity contribution in [2.75, 3.05) is 19.5 Å². The van der Waals surface area contributed by atoms with Crippen molar-refractivity contribution in [1.29, 1.82) is 0 Å². The summed E-state index contributed by atoms with van der Waals surface area (Å²) in [4.78, 5) is 23.7. The fraction of sp³-hybridized carbons (Fsp3) is 0.167. The van der Waals surface area contributed by atoms with E-state index < -0.39 is 11.8 Å². The van der Waals surface area contributed by atoms with Crippen molar-refractivity contribution in [3.63, 3.8) is 0 Å². The van der Waals surface area contributed by atoms with Gasteiger partial charge in [-0.3, -0.25) is 9.59 Å². The standard InChI is InChI=1S/C18H19N3O4/c1-24-15-9-5-3-7-13(15)12-19-21-18(23)11-17(22)20-14-8-4-6-10-16(14)25-2/h3-10,12H,11H2,1-2H3,(H,20,22)(H,21,23). The number of rotatable bonds is 7. The zero-order valence-electron chi connectivity index (χ0n) is 14.0. The molecule has 0 radical (unpaired) electrons. The first-order valence-corrected chi connectivity index (χ1v) is 7.52. The minimum atomic E-state index is -0.529. The van der Waals surface area contributed by atoms with Gasteiger partial charge < -0.3 is 14.8 Å². The number of methoxy groups -OCH3 is 2. The fourth-order valence-corrected chi connectivity index (χ4v) is 2.07. The quantitative estimate of drug-likeness (QED) is 0.459. The van der Waals surface area contributed by atoms with E-state index in [1.54, 1.807) is 43.5 Å². The van der Waals surface area contributed by atoms with Crippen molar-refractivity contribution >= 4 is 23.7 Å². The summed E-state index contributed by atoms with van der Waals surface area (Å²) in [5.41, 5.74) is 3.52. The van der Waals surface area contributed by atoms with Crippen molar-refractivity contribution in [3.05, 3.63) is 54.1 Å². The van der Waals surface area contributed by atoms with Crippen LogP contribution in [0.1, 0.15) is 12.0 Å². The van der Waals surface area contributed by atoms with Crippen LogP contribution < -0.4 is 20.2 Å². The molecule has 0 aromatic heterocycles. The van der Waals surface area contributed by atoms with E-state index in [1.807, 2.05) is 12.1 Å². The lowest BCUT2D eigenvalue weighted by Gasteiger charge is -2.09. The van der Waals surface area contributed by atoms with E-state index in [9.17, 15) is 9.59 Å². The van der Waals surface area contributed by atoms with E-state index >= 15 is 0 Å². The van der Waals surface area contributed by atoms with E-state index in [2.05, 4.69) is 15.8 Å². The summed E-state index contributed by atoms with van der Waals surface area (Å²) in [6.45, 7) is 0. The lowest BCUT2D eigenvalue weighted by atomic mass is 10.2. The second-order valence-corrected chi connectivity index (χ2v) is 4.96. The first kappa shape index (κ1) is 18.0. The number of carbonyl (C=O) groups excluding carboxylic acids is 2. The number of para-hydroxylation sites is 3. The van der Waals surface area contributed by atoms with E-state index in [0.717, 1.165) is 0 Å². The van der Waals surface area contributed by atoms with Gasteiger partial charge in [0.25, 0.3) is 0 Å². The molecule has 2 N–H and O–H groups in total. The molecule has 0 heterocycles. The van der Waals surface area contributed by atoms with E-state index in [1.165, 1.54) is 13.3 Å². The van der Waals surface area contributed by atoms with Crippen LogP contribution in [-0.4, -0.2) is 32.2 Å². The van der Waals surface area contributed by atoms with Crippen LogP contribution in [0.15, 0.2) is 53.6 Å². The predicted octanol–water partition coefficient (Wildman–Crippen LogP) is 2.18. The summed E-state index contributed by atoms with van der Waals surface area (Å²) in [5, 5.41) is 6.46. The molecule has 2 rings (SSSR count). The second-order valence-electron chi connectivity index (χ2n) is 4.96. The molecule has 2 amide bonds. The molecule has 0 atom stereocenters. The van der Waals surface area contributed by atoms with E-state index in [4.69, 9.17) is 9.47 Å². The summed E-state index contributed by atoms with van der Waals surface area (Å²) < 4.78 is 10.3. The molecule has 0 saturated heterocycles. The van der Waals surface area contributed by atoms with Gasteiger partial charge in [0.1, 0.15) is 17.9 Å². The number of nitrogens with one attached hydrogen (secondary N) is 2. The lowest BCUT2D eigenvalue weighted by molar-refractivity contribution is -0.126. The van der Waals surface area contributed by atoms with E-state index in [-0.39, 0.29) is 6.42 Å². The Hall–Kier alpha value is -3.35. The monoisotopic (exact) mass is 341 g/mol. The van der Waals surface area contributed by atoms with Gasteiger partial charge in [-0.1, -0.05) is 24.3 Å². The van der Waals surface area contributed by atoms with Gasteiger partial charge in [0, 0.05) is 5.56 Å². The number of carbonyl (C=O) groups is 2. The largest absolute Gasteiger partial charge is 0.496 e. The number of anilines is 1. The maximum Gasteiger partial charge on any atom is 0.249 e. The zero-order chi connectivity index (χ0) is 18.1. The van der Waals surface area contributed by atoms with Crippen molar-refractivity contribution in [1.82, 2.24) is 5.43 Å². The average molecular weight is 341 g/mol. The van der Waals surface area contributed by atoms with Crippen LogP contribution >= 0.6 is 0 Å². The van der Waals surface area contributed by atoms with Gasteiger partial charge in [0.15, 0.2) is 0 Å². The molecule has 0 bridgehead atoms. The number of nitrogens with zero attached hydrogens (tertiary/aromatic N) is 1. The molecule has 130 valence electrons. The molecule has 0 fully saturated rings. The summed E-state index contributed by atoms with van der Waals surface area (Å²) >= 11 is 0. The Morgan fingerprint density at radius 2 is 1.60 bits per heavy atom. The number of hydrogen-bond donors (Lipinski definition) is 2. The molecule has 25 heavy (non-hydrogen) atoms. The maximum absolute atomic E-state index is 11.9. The highest BCUT2D eigenvalue weighted by molar-refractivity contribution is 6.04. The highest BCUT2D eigenvalue weighted by Crippen LogP contribution is 2.23. The van der Waals surface area contributed by atoms with Gasteiger partial charge in [-0.25, -0.2) is 5.43 Å². The number of ether oxygens (including phenoxy) is 2. The van der Waals surface area contributed by atoms with Crippen LogP contribution in [0.25, 0.3) is 0 Å². The molecular formula is C18H19N3O4. The molecule has 0 saturated carbocycles. The first-order chi connectivity index (χ1) is 12.1. The van der Waals surface area contributed by atoms with Crippen LogP contribution in [0.2, 0.25) is 0 Å². The molecule has 0 spiro atoms. The number of amides is 2. The minimum Gasteiger partial charge on any atom is -0.496 e. The van der Waals surface area contributed by atoms with Crippen LogP contribution in [0.5, 0.6) is 11.5 Å². The Labute approximate surface area is 145 Å². The Morgan fingerprint density at radius 3 is 2.32 bits per heavy atom. The molecule has 0 aliphatic heterocycles. The van der Waals surface area contributed by atoms with Crippen LogP contribution in [0, 0.1) is 0 Å². The van der Waals surface area contributed by atoms with Gasteiger partial charge in [0.05, 0.1) is 26.1 Å². The third-order valence-electron chi connectivity index (χ3n) is 3.23. The zero-order valence-corrected chi connectivity index (χ0v) is 14.0. The van der Waals surface area contributed by atoms with Gasteiger partial charge >= 0.3 is 0 Å². The van der Waals surface area contributed by atoms with Crippen molar-refractivity contribution in [3.8, 4) is 11.5 Å². The van der Waals surface area contributed by atoms with Gasteiger partial charge in [-0.15, -0.1) is 0 Å². The van der Waals surface area contributed by atoms with Crippen LogP contribution in [0.4, 0.5) is 5.69 Å². The third-order valence-corrected chi connectivity index (χ3v) is 3.23. The fourth-order valence-electron chi connectivity index (χ4n) is 2.07. The second kappa shape index (κ2) is 9.07. The smallest absolute Gasteiger partial charge is 0.249 e. The summed E-state index contributed by atoms with van der Waals surface area (Å²) in [7, 11) is 3.05. The Kier molecular flexibility index (Phi) is 6.53. The molecule has 0 aliphatic carbocycles. The maximum atomic E-state index is 11.9. The van der Waals surface area contributed by atoms with Crippen molar-refractivity contribution in [2.24, 2.45) is 5.10 Å². The first-order valence-electron chi connectivity index (χ1n) is 7.52. The van der Waals surface area contributed by atoms with Gasteiger partial charge in [-0.05, 0) is 24.3 Å². The Morgan fingerprint density at radius 1 is 0.960 bits per heavy atom. The SMILES string of the molecule is COc1ccccc1C=NNC(=O)CC(=O)Nc1ccccc1OC. The Balaban J connectivity index is 1.87. The molecular weight excluding hydrogens is 322 g/mol. The number of hydrogen-bond acceptors (Lipinski definition) is 5. The van der Waals surface area contributed by atoms with Crippen molar-refractivity contribution in [2.45, 2.75) is 6.42 Å². The third kappa shape index (κ3) is 5.35. The number of benzene rings is 2. The van der Waals surface area contributed by atoms with Crippen LogP contribution in [0.3, 0.4) is 0 Å². The van der Waals surface area contributed by atoms with Crippen molar-refractivity contribution < 1.29 is 19.1 Å². The molecule has 7 nitrogen and oxygen atoms in total. The van der Waals surface area contributed by atoms with Gasteiger partial charge in [-0.2, -0.15) is 5.10 Å². The Bertz CT molecular complexity index is 774. The highest BCUT2D eigenvalue weighted by Gasteiger charge is 2.11.